The zero-order valence-corrected chi connectivity index (χ0v) is 15.0. The molecule has 126 valence electrons. The Labute approximate surface area is 149 Å². The molecule has 1 heterocycles. The van der Waals surface area contributed by atoms with Gasteiger partial charge in [-0.3, -0.25) is 4.99 Å². The normalized spacial score (nSPS) is 15.0. The number of methoxy groups -OCH3 is 1. The molecule has 0 unspecified atom stereocenters. The number of aromatic hydroxyl groups is 1. The SMILES string of the molecule is COc1cc(C=Nc2ccccc2N2CCOCC2)cc(Br)c1O. The van der Waals surface area contributed by atoms with E-state index < -0.39 is 0 Å². The molecule has 0 atom stereocenters. The molecule has 0 spiro atoms. The summed E-state index contributed by atoms with van der Waals surface area (Å²) in [6.07, 6.45) is 1.77. The first-order chi connectivity index (χ1) is 11.7. The molecule has 0 aliphatic carbocycles. The molecule has 0 bridgehead atoms. The highest BCUT2D eigenvalue weighted by molar-refractivity contribution is 9.10. The van der Waals surface area contributed by atoms with Gasteiger partial charge < -0.3 is 19.5 Å². The van der Waals surface area contributed by atoms with Crippen molar-refractivity contribution < 1.29 is 14.6 Å². The van der Waals surface area contributed by atoms with Crippen molar-refractivity contribution in [3.63, 3.8) is 0 Å². The van der Waals surface area contributed by atoms with Crippen molar-refractivity contribution in [1.82, 2.24) is 0 Å². The van der Waals surface area contributed by atoms with Gasteiger partial charge in [0.05, 0.1) is 36.2 Å². The van der Waals surface area contributed by atoms with Crippen molar-refractivity contribution in [2.45, 2.75) is 0 Å². The summed E-state index contributed by atoms with van der Waals surface area (Å²) in [6.45, 7) is 3.20. The first kappa shape index (κ1) is 16.8. The average Bonchev–Trinajstić information content (AvgIpc) is 2.63. The number of hydrogen-bond donors (Lipinski definition) is 1. The molecule has 2 aromatic carbocycles. The Hall–Kier alpha value is -2.05. The Morgan fingerprint density at radius 1 is 1.25 bits per heavy atom. The van der Waals surface area contributed by atoms with E-state index in [4.69, 9.17) is 9.47 Å². The van der Waals surface area contributed by atoms with E-state index in [0.29, 0.717) is 10.2 Å². The lowest BCUT2D eigenvalue weighted by Crippen LogP contribution is -2.36. The van der Waals surface area contributed by atoms with Crippen molar-refractivity contribution in [1.29, 1.82) is 0 Å². The molecule has 1 aliphatic heterocycles. The van der Waals surface area contributed by atoms with E-state index in [1.807, 2.05) is 18.2 Å². The maximum absolute atomic E-state index is 9.89. The highest BCUT2D eigenvalue weighted by Gasteiger charge is 2.14. The fraction of sp³-hybridized carbons (Fsp3) is 0.278. The Morgan fingerprint density at radius 2 is 2.00 bits per heavy atom. The third-order valence-corrected chi connectivity index (χ3v) is 4.46. The lowest BCUT2D eigenvalue weighted by Gasteiger charge is -2.29. The van der Waals surface area contributed by atoms with E-state index in [2.05, 4.69) is 31.9 Å². The number of rotatable bonds is 4. The molecule has 6 heteroatoms. The minimum absolute atomic E-state index is 0.0865. The van der Waals surface area contributed by atoms with Gasteiger partial charge in [0, 0.05) is 19.3 Å². The summed E-state index contributed by atoms with van der Waals surface area (Å²) in [6, 6.07) is 11.6. The summed E-state index contributed by atoms with van der Waals surface area (Å²) in [7, 11) is 1.52. The zero-order chi connectivity index (χ0) is 16.9. The van der Waals surface area contributed by atoms with Gasteiger partial charge in [-0.05, 0) is 45.8 Å². The Bertz CT molecular complexity index is 743. The van der Waals surface area contributed by atoms with Gasteiger partial charge in [-0.2, -0.15) is 0 Å². The molecule has 5 nitrogen and oxygen atoms in total. The van der Waals surface area contributed by atoms with Gasteiger partial charge in [-0.25, -0.2) is 0 Å². The van der Waals surface area contributed by atoms with Gasteiger partial charge in [0.1, 0.15) is 0 Å². The van der Waals surface area contributed by atoms with Crippen molar-refractivity contribution in [2.75, 3.05) is 38.3 Å². The standard InChI is InChI=1S/C18H19BrN2O3/c1-23-17-11-13(10-14(19)18(17)22)12-20-15-4-2-3-5-16(15)21-6-8-24-9-7-21/h2-5,10-12,22H,6-9H2,1H3. The summed E-state index contributed by atoms with van der Waals surface area (Å²) in [5.41, 5.74) is 2.85. The summed E-state index contributed by atoms with van der Waals surface area (Å²) in [5, 5.41) is 9.89. The summed E-state index contributed by atoms with van der Waals surface area (Å²) in [5.74, 6) is 0.496. The van der Waals surface area contributed by atoms with Crippen LogP contribution in [0.1, 0.15) is 5.56 Å². The van der Waals surface area contributed by atoms with Crippen LogP contribution in [0.15, 0.2) is 45.9 Å². The number of para-hydroxylation sites is 2. The second kappa shape index (κ2) is 7.68. The van der Waals surface area contributed by atoms with Gasteiger partial charge in [-0.15, -0.1) is 0 Å². The number of aliphatic imine (C=N–C) groups is 1. The molecule has 0 aromatic heterocycles. The molecule has 1 N–H and O–H groups in total. The number of anilines is 1. The second-order valence-corrected chi connectivity index (χ2v) is 6.25. The number of morpholine rings is 1. The van der Waals surface area contributed by atoms with Crippen LogP contribution in [-0.2, 0) is 4.74 Å². The van der Waals surface area contributed by atoms with Crippen LogP contribution in [0.3, 0.4) is 0 Å². The molecular weight excluding hydrogens is 372 g/mol. The fourth-order valence-corrected chi connectivity index (χ4v) is 3.07. The molecule has 24 heavy (non-hydrogen) atoms. The lowest BCUT2D eigenvalue weighted by molar-refractivity contribution is 0.123. The summed E-state index contributed by atoms with van der Waals surface area (Å²) < 4.78 is 11.2. The number of phenols is 1. The maximum atomic E-state index is 9.89. The topological polar surface area (TPSA) is 54.3 Å². The average molecular weight is 391 g/mol. The predicted molar refractivity (Wildman–Crippen MR) is 99.1 cm³/mol. The van der Waals surface area contributed by atoms with Crippen molar-refractivity contribution in [3.05, 3.63) is 46.4 Å². The molecular formula is C18H19BrN2O3. The lowest BCUT2D eigenvalue weighted by atomic mass is 10.2. The molecule has 0 saturated carbocycles. The van der Waals surface area contributed by atoms with Gasteiger partial charge in [0.15, 0.2) is 11.5 Å². The van der Waals surface area contributed by atoms with Gasteiger partial charge in [-0.1, -0.05) is 12.1 Å². The van der Waals surface area contributed by atoms with Crippen LogP contribution >= 0.6 is 15.9 Å². The zero-order valence-electron chi connectivity index (χ0n) is 13.4. The highest BCUT2D eigenvalue weighted by atomic mass is 79.9. The Morgan fingerprint density at radius 3 is 2.75 bits per heavy atom. The Kier molecular flexibility index (Phi) is 5.37. The van der Waals surface area contributed by atoms with Crippen LogP contribution in [0.2, 0.25) is 0 Å². The minimum Gasteiger partial charge on any atom is -0.503 e. The first-order valence-electron chi connectivity index (χ1n) is 7.71. The molecule has 1 saturated heterocycles. The molecule has 1 aliphatic rings. The summed E-state index contributed by atoms with van der Waals surface area (Å²) >= 11 is 3.33. The van der Waals surface area contributed by atoms with Crippen LogP contribution in [0.4, 0.5) is 11.4 Å². The van der Waals surface area contributed by atoms with E-state index in [1.165, 1.54) is 7.11 Å². The number of benzene rings is 2. The van der Waals surface area contributed by atoms with E-state index in [0.717, 1.165) is 43.2 Å². The van der Waals surface area contributed by atoms with Gasteiger partial charge >= 0.3 is 0 Å². The first-order valence-corrected chi connectivity index (χ1v) is 8.50. The Balaban J connectivity index is 1.88. The molecule has 0 radical (unpaired) electrons. The monoisotopic (exact) mass is 390 g/mol. The molecule has 1 fully saturated rings. The molecule has 3 rings (SSSR count). The van der Waals surface area contributed by atoms with Crippen molar-refractivity contribution in [3.8, 4) is 11.5 Å². The number of nitrogens with zero attached hydrogens (tertiary/aromatic N) is 2. The number of ether oxygens (including phenoxy) is 2. The molecule has 0 amide bonds. The number of halogens is 1. The smallest absolute Gasteiger partial charge is 0.172 e. The number of hydrogen-bond acceptors (Lipinski definition) is 5. The van der Waals surface area contributed by atoms with Crippen LogP contribution in [-0.4, -0.2) is 44.7 Å². The fourth-order valence-electron chi connectivity index (χ4n) is 2.61. The largest absolute Gasteiger partial charge is 0.503 e. The summed E-state index contributed by atoms with van der Waals surface area (Å²) in [4.78, 5) is 6.91. The molecule has 2 aromatic rings. The third kappa shape index (κ3) is 3.71. The van der Waals surface area contributed by atoms with E-state index in [-0.39, 0.29) is 5.75 Å². The van der Waals surface area contributed by atoms with Crippen LogP contribution in [0, 0.1) is 0 Å². The quantitative estimate of drug-likeness (QED) is 0.807. The number of phenolic OH excluding ortho intramolecular Hbond substituents is 1. The second-order valence-electron chi connectivity index (χ2n) is 5.40. The van der Waals surface area contributed by atoms with Crippen molar-refractivity contribution >= 4 is 33.5 Å². The van der Waals surface area contributed by atoms with Gasteiger partial charge in [0.25, 0.3) is 0 Å². The highest BCUT2D eigenvalue weighted by Crippen LogP contribution is 2.35. The van der Waals surface area contributed by atoms with Crippen LogP contribution in [0.5, 0.6) is 11.5 Å². The van der Waals surface area contributed by atoms with E-state index in [9.17, 15) is 5.11 Å². The van der Waals surface area contributed by atoms with Crippen LogP contribution in [0.25, 0.3) is 0 Å². The van der Waals surface area contributed by atoms with Gasteiger partial charge in [0.2, 0.25) is 0 Å². The van der Waals surface area contributed by atoms with E-state index in [1.54, 1.807) is 18.3 Å². The van der Waals surface area contributed by atoms with Crippen molar-refractivity contribution in [2.24, 2.45) is 4.99 Å². The van der Waals surface area contributed by atoms with Crippen LogP contribution < -0.4 is 9.64 Å². The minimum atomic E-state index is 0.0865. The third-order valence-electron chi connectivity index (χ3n) is 3.86. The van der Waals surface area contributed by atoms with E-state index >= 15 is 0 Å². The maximum Gasteiger partial charge on any atom is 0.172 e. The predicted octanol–water partition coefficient (Wildman–Crippen LogP) is 3.75.